The molecule has 7 heteroatoms. The molecule has 1 atom stereocenters. The van der Waals surface area contributed by atoms with E-state index < -0.39 is 4.92 Å². The molecule has 5 nitrogen and oxygen atoms in total. The van der Waals surface area contributed by atoms with Gasteiger partial charge in [-0.3, -0.25) is 14.9 Å². The molecule has 1 aliphatic rings. The molecule has 3 rings (SSSR count). The second kappa shape index (κ2) is 7.86. The second-order valence-corrected chi connectivity index (χ2v) is 7.12. The third-order valence-electron chi connectivity index (χ3n) is 4.62. The highest BCUT2D eigenvalue weighted by Crippen LogP contribution is 2.30. The predicted octanol–water partition coefficient (Wildman–Crippen LogP) is 4.30. The van der Waals surface area contributed by atoms with Gasteiger partial charge in [-0.25, -0.2) is 4.39 Å². The number of likely N-dealkylation sites (tertiary alicyclic amines) is 1. The highest BCUT2D eigenvalue weighted by molar-refractivity contribution is 7.98. The minimum Gasteiger partial charge on any atom is -0.335 e. The van der Waals surface area contributed by atoms with E-state index in [-0.39, 0.29) is 23.5 Å². The number of hydrogen-bond donors (Lipinski definition) is 0. The molecule has 0 N–H and O–H groups in total. The SMILES string of the molecule is CSc1ccc(C(=O)N2CCCC2Cc2cccc(F)c2)cc1[N+](=O)[O-]. The number of benzene rings is 2. The largest absolute Gasteiger partial charge is 0.335 e. The van der Waals surface area contributed by atoms with Crippen LogP contribution in [0.1, 0.15) is 28.8 Å². The highest BCUT2D eigenvalue weighted by Gasteiger charge is 2.30. The Morgan fingerprint density at radius 3 is 2.85 bits per heavy atom. The summed E-state index contributed by atoms with van der Waals surface area (Å²) in [5, 5.41) is 11.2. The van der Waals surface area contributed by atoms with Crippen LogP contribution < -0.4 is 0 Å². The first-order chi connectivity index (χ1) is 12.5. The Morgan fingerprint density at radius 2 is 2.15 bits per heavy atom. The van der Waals surface area contributed by atoms with Crippen molar-refractivity contribution in [1.29, 1.82) is 0 Å². The molecule has 136 valence electrons. The third-order valence-corrected chi connectivity index (χ3v) is 5.41. The van der Waals surface area contributed by atoms with Gasteiger partial charge in [0.15, 0.2) is 0 Å². The monoisotopic (exact) mass is 374 g/mol. The van der Waals surface area contributed by atoms with Crippen LogP contribution in [0, 0.1) is 15.9 Å². The van der Waals surface area contributed by atoms with Crippen molar-refractivity contribution in [2.45, 2.75) is 30.2 Å². The molecular formula is C19H19FN2O3S. The lowest BCUT2D eigenvalue weighted by Gasteiger charge is -2.25. The van der Waals surface area contributed by atoms with Crippen molar-refractivity contribution in [1.82, 2.24) is 4.90 Å². The normalized spacial score (nSPS) is 16.7. The number of thioether (sulfide) groups is 1. The summed E-state index contributed by atoms with van der Waals surface area (Å²) in [4.78, 5) is 26.0. The number of rotatable bonds is 5. The molecule has 2 aromatic carbocycles. The van der Waals surface area contributed by atoms with Crippen LogP contribution >= 0.6 is 11.8 Å². The van der Waals surface area contributed by atoms with E-state index in [1.165, 1.54) is 30.0 Å². The first kappa shape index (κ1) is 18.4. The van der Waals surface area contributed by atoms with Crippen LogP contribution in [0.4, 0.5) is 10.1 Å². The summed E-state index contributed by atoms with van der Waals surface area (Å²) in [5.74, 6) is -0.499. The maximum absolute atomic E-state index is 13.4. The summed E-state index contributed by atoms with van der Waals surface area (Å²) in [6.45, 7) is 0.608. The van der Waals surface area contributed by atoms with Gasteiger partial charge in [0.1, 0.15) is 5.82 Å². The van der Waals surface area contributed by atoms with Gasteiger partial charge in [-0.15, -0.1) is 11.8 Å². The van der Waals surface area contributed by atoms with Crippen LogP contribution in [-0.4, -0.2) is 34.6 Å². The van der Waals surface area contributed by atoms with Crippen molar-refractivity contribution in [3.63, 3.8) is 0 Å². The summed E-state index contributed by atoms with van der Waals surface area (Å²) in [6, 6.07) is 11.0. The smallest absolute Gasteiger partial charge is 0.283 e. The fraction of sp³-hybridized carbons (Fsp3) is 0.316. The van der Waals surface area contributed by atoms with Crippen LogP contribution in [0.2, 0.25) is 0 Å². The van der Waals surface area contributed by atoms with Gasteiger partial charge >= 0.3 is 0 Å². The number of nitro benzene ring substituents is 1. The topological polar surface area (TPSA) is 63.5 Å². The molecule has 0 bridgehead atoms. The van der Waals surface area contributed by atoms with Gasteiger partial charge in [0, 0.05) is 24.2 Å². The Balaban J connectivity index is 1.82. The fourth-order valence-corrected chi connectivity index (χ4v) is 3.93. The Bertz CT molecular complexity index is 843. The van der Waals surface area contributed by atoms with E-state index in [9.17, 15) is 19.3 Å². The first-order valence-electron chi connectivity index (χ1n) is 8.37. The minimum atomic E-state index is -0.461. The number of nitro groups is 1. The van der Waals surface area contributed by atoms with E-state index in [0.717, 1.165) is 18.4 Å². The van der Waals surface area contributed by atoms with E-state index in [0.29, 0.717) is 23.4 Å². The number of halogens is 1. The zero-order chi connectivity index (χ0) is 18.7. The average molecular weight is 374 g/mol. The molecule has 1 aliphatic heterocycles. The molecule has 0 aromatic heterocycles. The van der Waals surface area contributed by atoms with Gasteiger partial charge < -0.3 is 4.90 Å². The molecule has 0 spiro atoms. The molecule has 0 saturated carbocycles. The fourth-order valence-electron chi connectivity index (χ4n) is 3.38. The van der Waals surface area contributed by atoms with Crippen LogP contribution in [0.5, 0.6) is 0 Å². The average Bonchev–Trinajstić information content (AvgIpc) is 3.08. The Kier molecular flexibility index (Phi) is 5.56. The van der Waals surface area contributed by atoms with E-state index in [2.05, 4.69) is 0 Å². The highest BCUT2D eigenvalue weighted by atomic mass is 32.2. The molecule has 1 amide bonds. The Hall–Kier alpha value is -2.41. The molecule has 0 radical (unpaired) electrons. The van der Waals surface area contributed by atoms with Crippen molar-refractivity contribution in [3.05, 3.63) is 69.5 Å². The van der Waals surface area contributed by atoms with E-state index in [1.807, 2.05) is 6.07 Å². The summed E-state index contributed by atoms with van der Waals surface area (Å²) >= 11 is 1.28. The molecule has 26 heavy (non-hydrogen) atoms. The lowest BCUT2D eigenvalue weighted by molar-refractivity contribution is -0.387. The van der Waals surface area contributed by atoms with Gasteiger partial charge in [0.05, 0.1) is 9.82 Å². The quantitative estimate of drug-likeness (QED) is 0.445. The maximum atomic E-state index is 13.4. The van der Waals surface area contributed by atoms with Crippen LogP contribution in [0.15, 0.2) is 47.4 Å². The number of carbonyl (C=O) groups excluding carboxylic acids is 1. The molecule has 2 aromatic rings. The molecule has 0 aliphatic carbocycles. The van der Waals surface area contributed by atoms with Crippen molar-refractivity contribution < 1.29 is 14.1 Å². The van der Waals surface area contributed by atoms with Crippen molar-refractivity contribution in [2.24, 2.45) is 0 Å². The van der Waals surface area contributed by atoms with Gasteiger partial charge in [0.2, 0.25) is 0 Å². The summed E-state index contributed by atoms with van der Waals surface area (Å²) in [6.07, 6.45) is 4.05. The molecule has 1 fully saturated rings. The van der Waals surface area contributed by atoms with E-state index >= 15 is 0 Å². The van der Waals surface area contributed by atoms with Crippen molar-refractivity contribution >= 4 is 23.4 Å². The van der Waals surface area contributed by atoms with Crippen LogP contribution in [0.25, 0.3) is 0 Å². The molecule has 1 unspecified atom stereocenters. The molecule has 1 saturated heterocycles. The predicted molar refractivity (Wildman–Crippen MR) is 99.0 cm³/mol. The summed E-state index contributed by atoms with van der Waals surface area (Å²) < 4.78 is 13.4. The second-order valence-electron chi connectivity index (χ2n) is 6.27. The van der Waals surface area contributed by atoms with Gasteiger partial charge in [-0.05, 0) is 55.3 Å². The number of carbonyl (C=O) groups is 1. The van der Waals surface area contributed by atoms with E-state index in [1.54, 1.807) is 29.4 Å². The number of hydrogen-bond acceptors (Lipinski definition) is 4. The minimum absolute atomic E-state index is 0.0245. The lowest BCUT2D eigenvalue weighted by Crippen LogP contribution is -2.36. The number of amides is 1. The lowest BCUT2D eigenvalue weighted by atomic mass is 10.0. The third kappa shape index (κ3) is 3.88. The first-order valence-corrected chi connectivity index (χ1v) is 9.60. The van der Waals surface area contributed by atoms with Crippen molar-refractivity contribution in [3.8, 4) is 0 Å². The standard InChI is InChI=1S/C19H19FN2O3S/c1-26-18-8-7-14(12-17(18)22(24)25)19(23)21-9-3-6-16(21)11-13-4-2-5-15(20)10-13/h2,4-5,7-8,10,12,16H,3,6,9,11H2,1H3. The van der Waals surface area contributed by atoms with Gasteiger partial charge in [0.25, 0.3) is 11.6 Å². The zero-order valence-corrected chi connectivity index (χ0v) is 15.2. The number of nitrogens with zero attached hydrogens (tertiary/aromatic N) is 2. The maximum Gasteiger partial charge on any atom is 0.283 e. The summed E-state index contributed by atoms with van der Waals surface area (Å²) in [5.41, 5.74) is 1.11. The Labute approximate surface area is 155 Å². The van der Waals surface area contributed by atoms with Crippen LogP contribution in [0.3, 0.4) is 0 Å². The Morgan fingerprint density at radius 1 is 1.35 bits per heavy atom. The zero-order valence-electron chi connectivity index (χ0n) is 14.4. The van der Waals surface area contributed by atoms with Crippen LogP contribution in [-0.2, 0) is 6.42 Å². The van der Waals surface area contributed by atoms with Crippen molar-refractivity contribution in [2.75, 3.05) is 12.8 Å². The summed E-state index contributed by atoms with van der Waals surface area (Å²) in [7, 11) is 0. The molecule has 1 heterocycles. The van der Waals surface area contributed by atoms with Gasteiger partial charge in [-0.1, -0.05) is 12.1 Å². The molecular weight excluding hydrogens is 355 g/mol. The van der Waals surface area contributed by atoms with Gasteiger partial charge in [-0.2, -0.15) is 0 Å². The van der Waals surface area contributed by atoms with E-state index in [4.69, 9.17) is 0 Å².